The van der Waals surface area contributed by atoms with E-state index in [9.17, 15) is 41.1 Å². The topological polar surface area (TPSA) is 215 Å². The third kappa shape index (κ3) is 4.09. The van der Waals surface area contributed by atoms with Crippen LogP contribution in [0.5, 0.6) is 0 Å². The van der Waals surface area contributed by atoms with Crippen LogP contribution in [0.25, 0.3) is 16.7 Å². The summed E-state index contributed by atoms with van der Waals surface area (Å²) in [7, 11) is -9.94. The van der Waals surface area contributed by atoms with Crippen molar-refractivity contribution in [3.63, 3.8) is 0 Å². The zero-order valence-electron chi connectivity index (χ0n) is 17.7. The normalized spacial score (nSPS) is 12.5. The number of para-hydroxylation sites is 2. The highest BCUT2D eigenvalue weighted by atomic mass is 32.2. The molecule has 0 unspecified atom stereocenters. The summed E-state index contributed by atoms with van der Waals surface area (Å²) in [4.78, 5) is 14.4. The molecule has 4 aromatic rings. The summed E-state index contributed by atoms with van der Waals surface area (Å²) in [6.45, 7) is 0.431. The largest absolute Gasteiger partial charge is 0.392 e. The number of benzene rings is 2. The Morgan fingerprint density at radius 1 is 1.06 bits per heavy atom. The van der Waals surface area contributed by atoms with Crippen molar-refractivity contribution in [1.82, 2.24) is 9.38 Å². The van der Waals surface area contributed by atoms with Gasteiger partial charge in [-0.2, -0.15) is 22.1 Å². The van der Waals surface area contributed by atoms with Crippen molar-refractivity contribution in [2.24, 2.45) is 10.2 Å². The van der Waals surface area contributed by atoms with E-state index in [-0.39, 0.29) is 22.5 Å². The van der Waals surface area contributed by atoms with Gasteiger partial charge in [0, 0.05) is 11.1 Å². The van der Waals surface area contributed by atoms with Gasteiger partial charge < -0.3 is 10.1 Å². The lowest BCUT2D eigenvalue weighted by Gasteiger charge is -2.09. The second-order valence-corrected chi connectivity index (χ2v) is 10.1. The van der Waals surface area contributed by atoms with E-state index >= 15 is 0 Å². The zero-order chi connectivity index (χ0) is 25.7. The fraction of sp³-hybridized carbons (Fsp3) is 0.100. The monoisotopic (exact) mass is 517 g/mol. The lowest BCUT2D eigenvalue weighted by atomic mass is 10.1. The smallest absolute Gasteiger partial charge is 0.296 e. The number of hydrogen-bond acceptors (Lipinski definition) is 9. The summed E-state index contributed by atoms with van der Waals surface area (Å²) >= 11 is 0. The Balaban J connectivity index is 2.05. The van der Waals surface area contributed by atoms with Crippen molar-refractivity contribution in [2.75, 3.05) is 0 Å². The number of aliphatic hydroxyl groups is 1. The van der Waals surface area contributed by atoms with Gasteiger partial charge in [0.25, 0.3) is 25.8 Å². The Bertz CT molecular complexity index is 1880. The number of imidazole rings is 1. The maximum atomic E-state index is 13.3. The van der Waals surface area contributed by atoms with Crippen LogP contribution in [0, 0.1) is 18.3 Å². The summed E-state index contributed by atoms with van der Waals surface area (Å²) < 4.78 is 67.3. The van der Waals surface area contributed by atoms with E-state index < -0.39 is 53.4 Å². The van der Waals surface area contributed by atoms with Gasteiger partial charge in [0.2, 0.25) is 0 Å². The van der Waals surface area contributed by atoms with Gasteiger partial charge in [-0.1, -0.05) is 12.1 Å². The molecule has 2 aromatic carbocycles. The maximum absolute atomic E-state index is 13.3. The zero-order valence-corrected chi connectivity index (χ0v) is 19.3. The van der Waals surface area contributed by atoms with Crippen LogP contribution in [-0.2, 0) is 26.8 Å². The van der Waals surface area contributed by atoms with Crippen molar-refractivity contribution in [1.29, 1.82) is 5.26 Å². The molecule has 2 heterocycles. The Kier molecular flexibility index (Phi) is 5.79. The fourth-order valence-electron chi connectivity index (χ4n) is 3.62. The predicted octanol–water partition coefficient (Wildman–Crippen LogP) is 2.36. The van der Waals surface area contributed by atoms with Gasteiger partial charge in [0.05, 0.1) is 23.2 Å². The molecule has 0 radical (unpaired) electrons. The van der Waals surface area contributed by atoms with Crippen LogP contribution in [0.4, 0.5) is 11.4 Å². The number of pyridine rings is 1. The van der Waals surface area contributed by atoms with Crippen LogP contribution in [0.2, 0.25) is 0 Å². The molecule has 0 atom stereocenters. The highest BCUT2D eigenvalue weighted by Crippen LogP contribution is 2.33. The number of hydrogen-bond donors (Lipinski definition) is 4. The minimum absolute atomic E-state index is 0.0546. The number of nitriles is 1. The van der Waals surface area contributed by atoms with Crippen LogP contribution in [0.1, 0.15) is 16.7 Å². The lowest BCUT2D eigenvalue weighted by molar-refractivity contribution is 0.277. The van der Waals surface area contributed by atoms with E-state index in [4.69, 9.17) is 0 Å². The van der Waals surface area contributed by atoms with E-state index in [1.807, 2.05) is 6.07 Å². The number of aromatic amines is 1. The van der Waals surface area contributed by atoms with Gasteiger partial charge in [-0.3, -0.25) is 18.3 Å². The van der Waals surface area contributed by atoms with Crippen LogP contribution in [-0.4, -0.2) is 40.4 Å². The number of aromatic nitrogens is 2. The number of nitrogens with zero attached hydrogens (tertiary/aromatic N) is 4. The molecule has 13 nitrogen and oxygen atoms in total. The molecule has 0 aliphatic carbocycles. The summed E-state index contributed by atoms with van der Waals surface area (Å²) in [6, 6.07) is 9.88. The first-order valence-electron chi connectivity index (χ1n) is 9.59. The third-order valence-corrected chi connectivity index (χ3v) is 7.05. The number of H-pyrrole nitrogens is 1. The maximum Gasteiger partial charge on any atom is 0.296 e. The molecule has 4 N–H and O–H groups in total. The fourth-order valence-corrected chi connectivity index (χ4v) is 4.99. The lowest BCUT2D eigenvalue weighted by Crippen LogP contribution is -2.15. The van der Waals surface area contributed by atoms with Gasteiger partial charge in [-0.05, 0) is 31.2 Å². The second-order valence-electron chi connectivity index (χ2n) is 7.33. The van der Waals surface area contributed by atoms with Crippen LogP contribution >= 0.6 is 0 Å². The predicted molar refractivity (Wildman–Crippen MR) is 121 cm³/mol. The van der Waals surface area contributed by atoms with E-state index in [0.29, 0.717) is 23.2 Å². The van der Waals surface area contributed by atoms with Gasteiger partial charge >= 0.3 is 0 Å². The van der Waals surface area contributed by atoms with Crippen molar-refractivity contribution >= 4 is 48.3 Å². The van der Waals surface area contributed by atoms with Gasteiger partial charge in [0.1, 0.15) is 27.2 Å². The van der Waals surface area contributed by atoms with Gasteiger partial charge in [-0.25, -0.2) is 0 Å². The molecule has 0 saturated carbocycles. The van der Waals surface area contributed by atoms with Crippen molar-refractivity contribution in [3.05, 3.63) is 63.4 Å². The van der Waals surface area contributed by atoms with E-state index in [0.717, 1.165) is 0 Å². The molecule has 0 aliphatic rings. The molecule has 0 spiro atoms. The Morgan fingerprint density at radius 2 is 1.71 bits per heavy atom. The molecule has 35 heavy (non-hydrogen) atoms. The number of nitrogens with one attached hydrogen (secondary N) is 1. The first-order chi connectivity index (χ1) is 16.4. The molecule has 0 aliphatic heterocycles. The first kappa shape index (κ1) is 24.2. The number of rotatable bonds is 5. The van der Waals surface area contributed by atoms with E-state index in [2.05, 4.69) is 15.2 Å². The molecule has 0 bridgehead atoms. The molecule has 0 saturated heterocycles. The van der Waals surface area contributed by atoms with Gasteiger partial charge in [0.15, 0.2) is 5.69 Å². The van der Waals surface area contributed by atoms with E-state index in [1.165, 1.54) is 11.3 Å². The molecule has 0 fully saturated rings. The van der Waals surface area contributed by atoms with E-state index in [1.54, 1.807) is 24.3 Å². The summed E-state index contributed by atoms with van der Waals surface area (Å²) in [5.41, 5.74) is -0.989. The summed E-state index contributed by atoms with van der Waals surface area (Å²) in [5, 5.41) is 26.5. The quantitative estimate of drug-likeness (QED) is 0.225. The highest BCUT2D eigenvalue weighted by Gasteiger charge is 2.25. The standard InChI is InChI=1S/C20H15N5O8S2/c1-10-12(8-21)19-22-13-4-2-3-5-15(13)25(19)20(27)18(10)24-23-14-7-16(34(28,29)30)11(9-26)6-17(14)35(31,32)33/h2-7,22,26H,9H2,1H3,(H,28,29,30)(H,31,32,33). The molecule has 180 valence electrons. The average Bonchev–Trinajstić information content (AvgIpc) is 3.17. The third-order valence-electron chi connectivity index (χ3n) is 5.23. The highest BCUT2D eigenvalue weighted by molar-refractivity contribution is 7.86. The van der Waals surface area contributed by atoms with Crippen LogP contribution < -0.4 is 5.56 Å². The molecule has 2 aromatic heterocycles. The number of azo groups is 1. The van der Waals surface area contributed by atoms with Crippen LogP contribution in [0.15, 0.2) is 61.2 Å². The minimum atomic E-state index is -5.00. The molecule has 4 rings (SSSR count). The molecule has 0 amide bonds. The van der Waals surface area contributed by atoms with Gasteiger partial charge in [-0.15, -0.1) is 10.2 Å². The number of aliphatic hydroxyl groups excluding tert-OH is 1. The second kappa shape index (κ2) is 8.37. The number of fused-ring (bicyclic) bond motifs is 3. The summed E-state index contributed by atoms with van der Waals surface area (Å²) in [6.07, 6.45) is 0. The SMILES string of the molecule is Cc1c(N=Nc2cc(S(=O)(=O)O)c(CO)cc2S(=O)(=O)O)c(=O)n2c([nH]c3ccccc32)c1C#N. The van der Waals surface area contributed by atoms with Crippen molar-refractivity contribution in [3.8, 4) is 6.07 Å². The Labute approximate surface area is 197 Å². The molecular formula is C20H15N5O8S2. The first-order valence-corrected chi connectivity index (χ1v) is 12.5. The Morgan fingerprint density at radius 3 is 2.31 bits per heavy atom. The summed E-state index contributed by atoms with van der Waals surface area (Å²) in [5.74, 6) is 0. The average molecular weight is 518 g/mol. The minimum Gasteiger partial charge on any atom is -0.392 e. The molecule has 15 heteroatoms. The van der Waals surface area contributed by atoms with Crippen LogP contribution in [0.3, 0.4) is 0 Å². The molecular weight excluding hydrogens is 502 g/mol. The van der Waals surface area contributed by atoms with Crippen molar-refractivity contribution in [2.45, 2.75) is 23.3 Å². The Hall–Kier alpha value is -3.94. The van der Waals surface area contributed by atoms with Crippen molar-refractivity contribution < 1.29 is 31.0 Å².